The molecular weight excluding hydrogens is 127 g/mol. The molecule has 1 aliphatic heterocycles. The maximum Gasteiger partial charge on any atom is 0.376 e. The van der Waals surface area contributed by atoms with Gasteiger partial charge in [-0.25, -0.2) is 0 Å². The van der Waals surface area contributed by atoms with Gasteiger partial charge in [-0.05, 0) is 13.7 Å². The molecule has 1 aliphatic rings. The predicted molar refractivity (Wildman–Crippen MR) is 42.9 cm³/mol. The fourth-order valence-corrected chi connectivity index (χ4v) is 1.30. The summed E-state index contributed by atoms with van der Waals surface area (Å²) in [6, 6.07) is 0.517. The van der Waals surface area contributed by atoms with Crippen LogP contribution < -0.4 is 5.32 Å². The van der Waals surface area contributed by atoms with E-state index in [1.54, 1.807) is 0 Å². The predicted octanol–water partition coefficient (Wildman–Crippen LogP) is -0.610. The maximum atomic E-state index is 9.19. The Hall–Kier alpha value is -0.0551. The summed E-state index contributed by atoms with van der Waals surface area (Å²) in [5, 5.41) is 12.5. The molecule has 0 radical (unpaired) electrons. The summed E-state index contributed by atoms with van der Waals surface area (Å²) in [6.45, 7) is 6.86. The average Bonchev–Trinajstić information content (AvgIpc) is 1.88. The van der Waals surface area contributed by atoms with Gasteiger partial charge in [-0.1, -0.05) is 0 Å². The van der Waals surface area contributed by atoms with E-state index in [0.717, 1.165) is 19.6 Å². The van der Waals surface area contributed by atoms with E-state index < -0.39 is 0 Å². The first kappa shape index (κ1) is 8.05. The van der Waals surface area contributed by atoms with E-state index in [1.165, 1.54) is 0 Å². The molecule has 1 saturated heterocycles. The van der Waals surface area contributed by atoms with Crippen LogP contribution in [-0.4, -0.2) is 42.6 Å². The van der Waals surface area contributed by atoms with Crippen molar-refractivity contribution >= 4 is 7.05 Å². The lowest BCUT2D eigenvalue weighted by Gasteiger charge is -2.32. The molecule has 1 atom stereocenters. The van der Waals surface area contributed by atoms with Crippen LogP contribution in [0.25, 0.3) is 0 Å². The molecule has 58 valence electrons. The molecule has 1 fully saturated rings. The number of piperazine rings is 1. The Balaban J connectivity index is 2.32. The highest BCUT2D eigenvalue weighted by molar-refractivity contribution is 6.45. The third kappa shape index (κ3) is 1.97. The van der Waals surface area contributed by atoms with Crippen molar-refractivity contribution in [2.24, 2.45) is 0 Å². The maximum absolute atomic E-state index is 9.19. The lowest BCUT2D eigenvalue weighted by molar-refractivity contribution is 0.281. The monoisotopic (exact) mass is 142 g/mol. The van der Waals surface area contributed by atoms with Gasteiger partial charge in [-0.2, -0.15) is 0 Å². The lowest BCUT2D eigenvalue weighted by atomic mass is 9.84. The molecule has 1 heterocycles. The van der Waals surface area contributed by atoms with Gasteiger partial charge in [-0.3, -0.25) is 0 Å². The van der Waals surface area contributed by atoms with Crippen LogP contribution in [0.15, 0.2) is 0 Å². The fraction of sp³-hybridized carbons (Fsp3) is 1.00. The zero-order valence-corrected chi connectivity index (χ0v) is 6.67. The molecule has 0 aliphatic carbocycles. The van der Waals surface area contributed by atoms with Gasteiger partial charge in [0.05, 0.1) is 0 Å². The van der Waals surface area contributed by atoms with Crippen LogP contribution in [0.5, 0.6) is 0 Å². The molecule has 4 heteroatoms. The Morgan fingerprint density at radius 2 is 2.40 bits per heavy atom. The largest absolute Gasteiger partial charge is 0.437 e. The summed E-state index contributed by atoms with van der Waals surface area (Å²) in [6.07, 6.45) is 0. The first-order chi connectivity index (χ1) is 4.70. The van der Waals surface area contributed by atoms with Crippen LogP contribution in [0, 0.1) is 0 Å². The summed E-state index contributed by atoms with van der Waals surface area (Å²) < 4.78 is 0. The first-order valence-electron chi connectivity index (χ1n) is 3.85. The number of hydrogen-bond acceptors (Lipinski definition) is 3. The second-order valence-corrected chi connectivity index (χ2v) is 2.98. The van der Waals surface area contributed by atoms with E-state index in [1.807, 2.05) is 6.82 Å². The Morgan fingerprint density at radius 1 is 1.70 bits per heavy atom. The summed E-state index contributed by atoms with van der Waals surface area (Å²) in [7, 11) is -0.287. The summed E-state index contributed by atoms with van der Waals surface area (Å²) in [5.41, 5.74) is 0. The second kappa shape index (κ2) is 3.37. The second-order valence-electron chi connectivity index (χ2n) is 2.98. The van der Waals surface area contributed by atoms with Crippen molar-refractivity contribution in [1.29, 1.82) is 0 Å². The molecule has 1 rings (SSSR count). The van der Waals surface area contributed by atoms with Crippen LogP contribution in [0.3, 0.4) is 0 Å². The van der Waals surface area contributed by atoms with Gasteiger partial charge in [0.1, 0.15) is 0 Å². The average molecular weight is 142 g/mol. The third-order valence-electron chi connectivity index (χ3n) is 1.93. The molecule has 1 unspecified atom stereocenters. The van der Waals surface area contributed by atoms with E-state index in [-0.39, 0.29) is 7.05 Å². The van der Waals surface area contributed by atoms with Crippen LogP contribution in [0.1, 0.15) is 6.92 Å². The highest BCUT2D eigenvalue weighted by Crippen LogP contribution is 1.98. The van der Waals surface area contributed by atoms with Gasteiger partial charge in [-0.15, -0.1) is 0 Å². The van der Waals surface area contributed by atoms with Crippen LogP contribution in [0.4, 0.5) is 0 Å². The Kier molecular flexibility index (Phi) is 2.71. The van der Waals surface area contributed by atoms with Gasteiger partial charge in [0.15, 0.2) is 0 Å². The molecule has 0 bridgehead atoms. The highest BCUT2D eigenvalue weighted by Gasteiger charge is 2.21. The minimum atomic E-state index is -0.287. The molecule has 0 saturated carbocycles. The highest BCUT2D eigenvalue weighted by atomic mass is 16.2. The molecule has 0 aromatic carbocycles. The number of hydrogen-bond donors (Lipinski definition) is 2. The van der Waals surface area contributed by atoms with Gasteiger partial charge < -0.3 is 15.2 Å². The van der Waals surface area contributed by atoms with Crippen LogP contribution in [-0.2, 0) is 0 Å². The van der Waals surface area contributed by atoms with E-state index >= 15 is 0 Å². The summed E-state index contributed by atoms with van der Waals surface area (Å²) in [5.74, 6) is 0. The fourth-order valence-electron chi connectivity index (χ4n) is 1.30. The molecule has 3 nitrogen and oxygen atoms in total. The van der Waals surface area contributed by atoms with Crippen LogP contribution >= 0.6 is 0 Å². The van der Waals surface area contributed by atoms with Crippen molar-refractivity contribution in [3.05, 3.63) is 0 Å². The zero-order chi connectivity index (χ0) is 7.56. The molecule has 0 aromatic heterocycles. The van der Waals surface area contributed by atoms with Crippen molar-refractivity contribution in [2.45, 2.75) is 19.8 Å². The normalized spacial score (nSPS) is 28.5. The number of nitrogens with one attached hydrogen (secondary N) is 1. The first-order valence-corrected chi connectivity index (χ1v) is 3.85. The Labute approximate surface area is 62.5 Å². The lowest BCUT2D eigenvalue weighted by Crippen LogP contribution is -2.53. The van der Waals surface area contributed by atoms with Crippen molar-refractivity contribution < 1.29 is 5.02 Å². The van der Waals surface area contributed by atoms with Crippen LogP contribution in [0.2, 0.25) is 6.82 Å². The van der Waals surface area contributed by atoms with Crippen molar-refractivity contribution in [3.63, 3.8) is 0 Å². The minimum Gasteiger partial charge on any atom is -0.437 e. The molecule has 0 spiro atoms. The van der Waals surface area contributed by atoms with Gasteiger partial charge >= 0.3 is 7.05 Å². The molecule has 0 aromatic rings. The summed E-state index contributed by atoms with van der Waals surface area (Å²) >= 11 is 0. The van der Waals surface area contributed by atoms with Crippen molar-refractivity contribution in [3.8, 4) is 0 Å². The standard InChI is InChI=1S/C6H15BN2O/c1-6-5-9(7(2)10)4-3-8-6/h6,8,10H,3-5H2,1-2H3. The minimum absolute atomic E-state index is 0.287. The molecular formula is C6H15BN2O. The topological polar surface area (TPSA) is 35.5 Å². The third-order valence-corrected chi connectivity index (χ3v) is 1.93. The Bertz CT molecular complexity index is 110. The van der Waals surface area contributed by atoms with Gasteiger partial charge in [0.2, 0.25) is 0 Å². The van der Waals surface area contributed by atoms with E-state index in [0.29, 0.717) is 6.04 Å². The molecule has 0 amide bonds. The van der Waals surface area contributed by atoms with Gasteiger partial charge in [0.25, 0.3) is 0 Å². The summed E-state index contributed by atoms with van der Waals surface area (Å²) in [4.78, 5) is 2.07. The van der Waals surface area contributed by atoms with Crippen molar-refractivity contribution in [2.75, 3.05) is 19.6 Å². The van der Waals surface area contributed by atoms with E-state index in [2.05, 4.69) is 17.1 Å². The number of nitrogens with zero attached hydrogens (tertiary/aromatic N) is 1. The van der Waals surface area contributed by atoms with E-state index in [9.17, 15) is 5.02 Å². The molecule has 2 N–H and O–H groups in total. The quantitative estimate of drug-likeness (QED) is 0.479. The molecule has 10 heavy (non-hydrogen) atoms. The van der Waals surface area contributed by atoms with Gasteiger partial charge in [0, 0.05) is 25.7 Å². The smallest absolute Gasteiger partial charge is 0.376 e. The number of rotatable bonds is 1. The van der Waals surface area contributed by atoms with Crippen molar-refractivity contribution in [1.82, 2.24) is 10.1 Å². The zero-order valence-electron chi connectivity index (χ0n) is 6.67. The Morgan fingerprint density at radius 3 is 2.80 bits per heavy atom. The SMILES string of the molecule is CB(O)N1CCNC(C)C1. The van der Waals surface area contributed by atoms with E-state index in [4.69, 9.17) is 0 Å².